The lowest BCUT2D eigenvalue weighted by Gasteiger charge is -2.52. The van der Waals surface area contributed by atoms with Gasteiger partial charge < -0.3 is 9.57 Å². The number of piperidine rings is 1. The number of hydrazine groups is 1. The van der Waals surface area contributed by atoms with Crippen LogP contribution in [-0.4, -0.2) is 43.9 Å². The van der Waals surface area contributed by atoms with Gasteiger partial charge in [0.2, 0.25) is 0 Å². The Bertz CT molecular complexity index is 716. The first-order valence-corrected chi connectivity index (χ1v) is 9.84. The maximum atomic E-state index is 12.1. The van der Waals surface area contributed by atoms with Gasteiger partial charge in [-0.25, -0.2) is 18.6 Å². The topological polar surface area (TPSA) is 97.0 Å². The van der Waals surface area contributed by atoms with Crippen molar-refractivity contribution in [2.45, 2.75) is 62.6 Å². The molecule has 0 bridgehead atoms. The van der Waals surface area contributed by atoms with Crippen LogP contribution < -0.4 is 10.3 Å². The van der Waals surface area contributed by atoms with E-state index in [2.05, 4.69) is 5.43 Å². The summed E-state index contributed by atoms with van der Waals surface area (Å²) in [6, 6.07) is 7.76. The fourth-order valence-corrected chi connectivity index (χ4v) is 4.55. The van der Waals surface area contributed by atoms with E-state index in [1.165, 1.54) is 12.1 Å². The molecule has 0 spiro atoms. The molecule has 2 N–H and O–H groups in total. The normalized spacial score (nSPS) is 20.5. The number of amides is 1. The lowest BCUT2D eigenvalue weighted by molar-refractivity contribution is -0.276. The molecule has 1 heterocycles. The van der Waals surface area contributed by atoms with Crippen molar-refractivity contribution in [1.29, 1.82) is 0 Å². The molecule has 9 heteroatoms. The van der Waals surface area contributed by atoms with Crippen molar-refractivity contribution in [2.24, 2.45) is 0 Å². The smallest absolute Gasteiger partial charge is 0.422 e. The van der Waals surface area contributed by atoms with Crippen LogP contribution in [0.5, 0.6) is 0 Å². The largest absolute Gasteiger partial charge is 0.445 e. The van der Waals surface area contributed by atoms with Crippen LogP contribution in [0, 0.1) is 0 Å². The summed E-state index contributed by atoms with van der Waals surface area (Å²) in [4.78, 5) is 19.6. The lowest BCUT2D eigenvalue weighted by Crippen LogP contribution is -2.62. The highest BCUT2D eigenvalue weighted by molar-refractivity contribution is 7.89. The average Bonchev–Trinajstić information content (AvgIpc) is 2.52. The number of carbonyl (C=O) groups is 1. The Morgan fingerprint density at radius 2 is 1.65 bits per heavy atom. The molecule has 0 atom stereocenters. The van der Waals surface area contributed by atoms with E-state index in [1.807, 2.05) is 37.6 Å². The maximum absolute atomic E-state index is 12.1. The summed E-state index contributed by atoms with van der Waals surface area (Å²) in [7, 11) is -2.22. The number of hydroxylamine groups is 2. The molecule has 1 aromatic rings. The zero-order valence-corrected chi connectivity index (χ0v) is 16.6. The van der Waals surface area contributed by atoms with E-state index in [0.29, 0.717) is 12.8 Å². The van der Waals surface area contributed by atoms with E-state index in [4.69, 9.17) is 9.57 Å². The molecule has 2 rings (SSSR count). The molecule has 0 radical (unpaired) electrons. The van der Waals surface area contributed by atoms with E-state index in [1.54, 1.807) is 25.3 Å². The van der Waals surface area contributed by atoms with E-state index in [9.17, 15) is 13.2 Å². The van der Waals surface area contributed by atoms with E-state index >= 15 is 0 Å². The minimum Gasteiger partial charge on any atom is -0.445 e. The summed E-state index contributed by atoms with van der Waals surface area (Å²) < 4.78 is 29.7. The molecule has 0 unspecified atom stereocenters. The van der Waals surface area contributed by atoms with Crippen LogP contribution in [0.15, 0.2) is 35.2 Å². The SMILES string of the molecule is CON1C(C)(C)CC(OC(=O)NNS(=O)(=O)c2ccccc2)CC1(C)C. The number of hydrogen-bond donors (Lipinski definition) is 2. The zero-order valence-electron chi connectivity index (χ0n) is 15.8. The predicted octanol–water partition coefficient (Wildman–Crippen LogP) is 2.19. The number of carbonyl (C=O) groups excluding carboxylic acids is 1. The van der Waals surface area contributed by atoms with Gasteiger partial charge in [0.25, 0.3) is 10.0 Å². The standard InChI is InChI=1S/C17H27N3O5S/c1-16(2)11-13(12-17(3,4)20(16)24-5)25-15(21)18-19-26(22,23)14-9-7-6-8-10-14/h6-10,13,19H,11-12H2,1-5H3,(H,18,21). The van der Waals surface area contributed by atoms with Gasteiger partial charge in [0, 0.05) is 23.9 Å². The number of hydrogen-bond acceptors (Lipinski definition) is 6. The van der Waals surface area contributed by atoms with Crippen molar-refractivity contribution in [3.8, 4) is 0 Å². The molecule has 1 saturated heterocycles. The van der Waals surface area contributed by atoms with Crippen LogP contribution in [0.1, 0.15) is 40.5 Å². The summed E-state index contributed by atoms with van der Waals surface area (Å²) in [5.74, 6) is 0. The summed E-state index contributed by atoms with van der Waals surface area (Å²) in [6.07, 6.45) is -0.0914. The fourth-order valence-electron chi connectivity index (χ4n) is 3.70. The van der Waals surface area contributed by atoms with Crippen LogP contribution in [0.25, 0.3) is 0 Å². The molecule has 0 aromatic heterocycles. The number of ether oxygens (including phenoxy) is 1. The van der Waals surface area contributed by atoms with Gasteiger partial charge in [-0.3, -0.25) is 0 Å². The van der Waals surface area contributed by atoms with E-state index < -0.39 is 16.1 Å². The third-order valence-electron chi connectivity index (χ3n) is 4.35. The van der Waals surface area contributed by atoms with Gasteiger partial charge in [0.05, 0.1) is 12.0 Å². The zero-order chi connectivity index (χ0) is 19.6. The summed E-state index contributed by atoms with van der Waals surface area (Å²) in [6.45, 7) is 8.02. The third kappa shape index (κ3) is 4.73. The lowest BCUT2D eigenvalue weighted by atomic mass is 9.80. The molecule has 1 amide bonds. The van der Waals surface area contributed by atoms with Crippen molar-refractivity contribution in [2.75, 3.05) is 7.11 Å². The highest BCUT2D eigenvalue weighted by Gasteiger charge is 2.47. The monoisotopic (exact) mass is 385 g/mol. The molecule has 146 valence electrons. The molecule has 1 aromatic carbocycles. The molecule has 1 aliphatic rings. The molecule has 0 saturated carbocycles. The van der Waals surface area contributed by atoms with Crippen molar-refractivity contribution in [1.82, 2.24) is 15.3 Å². The quantitative estimate of drug-likeness (QED) is 0.754. The second kappa shape index (κ2) is 7.51. The Morgan fingerprint density at radius 3 is 2.15 bits per heavy atom. The molecule has 8 nitrogen and oxygen atoms in total. The van der Waals surface area contributed by atoms with Crippen LogP contribution in [0.3, 0.4) is 0 Å². The summed E-state index contributed by atoms with van der Waals surface area (Å²) >= 11 is 0. The van der Waals surface area contributed by atoms with Crippen LogP contribution in [0.2, 0.25) is 0 Å². The Kier molecular flexibility index (Phi) is 5.96. The highest BCUT2D eigenvalue weighted by Crippen LogP contribution is 2.39. The minimum atomic E-state index is -3.84. The van der Waals surface area contributed by atoms with Crippen molar-refractivity contribution in [3.63, 3.8) is 0 Å². The third-order valence-corrected chi connectivity index (χ3v) is 5.61. The molecular formula is C17H27N3O5S. The van der Waals surface area contributed by atoms with E-state index in [0.717, 1.165) is 0 Å². The summed E-state index contributed by atoms with van der Waals surface area (Å²) in [5.41, 5.74) is 1.42. The molecule has 26 heavy (non-hydrogen) atoms. The molecule has 0 aliphatic carbocycles. The Labute approximate surface area is 154 Å². The highest BCUT2D eigenvalue weighted by atomic mass is 32.2. The van der Waals surface area contributed by atoms with Crippen LogP contribution in [0.4, 0.5) is 4.79 Å². The number of nitrogens with zero attached hydrogens (tertiary/aromatic N) is 1. The first-order valence-electron chi connectivity index (χ1n) is 8.36. The Hall–Kier alpha value is -1.68. The average molecular weight is 385 g/mol. The van der Waals surface area contributed by atoms with Gasteiger partial charge in [-0.2, -0.15) is 5.06 Å². The second-order valence-corrected chi connectivity index (χ2v) is 9.26. The van der Waals surface area contributed by atoms with Crippen molar-refractivity contribution < 1.29 is 22.8 Å². The number of nitrogens with one attached hydrogen (secondary N) is 2. The van der Waals surface area contributed by atoms with Gasteiger partial charge in [-0.05, 0) is 39.8 Å². The molecule has 1 aliphatic heterocycles. The Balaban J connectivity index is 1.96. The second-order valence-electron chi connectivity index (χ2n) is 7.58. The van der Waals surface area contributed by atoms with Gasteiger partial charge in [-0.15, -0.1) is 4.83 Å². The predicted molar refractivity (Wildman–Crippen MR) is 96.4 cm³/mol. The molecule has 1 fully saturated rings. The molecular weight excluding hydrogens is 358 g/mol. The first kappa shape index (κ1) is 20.6. The van der Waals surface area contributed by atoms with Crippen LogP contribution >= 0.6 is 0 Å². The number of benzene rings is 1. The first-order chi connectivity index (χ1) is 12.0. The maximum Gasteiger partial charge on any atom is 0.422 e. The van der Waals surface area contributed by atoms with Crippen molar-refractivity contribution >= 4 is 16.1 Å². The summed E-state index contributed by atoms with van der Waals surface area (Å²) in [5, 5.41) is 1.90. The van der Waals surface area contributed by atoms with Gasteiger partial charge in [0.15, 0.2) is 0 Å². The number of rotatable bonds is 5. The van der Waals surface area contributed by atoms with Gasteiger partial charge >= 0.3 is 6.09 Å². The van der Waals surface area contributed by atoms with E-state index in [-0.39, 0.29) is 22.1 Å². The van der Waals surface area contributed by atoms with Crippen LogP contribution in [-0.2, 0) is 19.6 Å². The fraction of sp³-hybridized carbons (Fsp3) is 0.588. The van der Waals surface area contributed by atoms with Gasteiger partial charge in [0.1, 0.15) is 6.10 Å². The minimum absolute atomic E-state index is 0.0518. The van der Waals surface area contributed by atoms with Crippen molar-refractivity contribution in [3.05, 3.63) is 30.3 Å². The Morgan fingerprint density at radius 1 is 1.12 bits per heavy atom. The number of sulfonamides is 1. The van der Waals surface area contributed by atoms with Gasteiger partial charge in [-0.1, -0.05) is 18.2 Å².